The predicted molar refractivity (Wildman–Crippen MR) is 63.8 cm³/mol. The number of nitrogens with zero attached hydrogens (tertiary/aromatic N) is 4. The summed E-state index contributed by atoms with van der Waals surface area (Å²) in [4.78, 5) is 11.0. The van der Waals surface area contributed by atoms with Crippen LogP contribution < -0.4 is 0 Å². The van der Waals surface area contributed by atoms with E-state index in [1.807, 2.05) is 18.7 Å². The maximum atomic E-state index is 11.0. The number of hydrogen-bond donors (Lipinski definition) is 1. The molecule has 94 valence electrons. The Morgan fingerprint density at radius 1 is 1.59 bits per heavy atom. The van der Waals surface area contributed by atoms with Crippen LogP contribution in [0, 0.1) is 5.92 Å². The van der Waals surface area contributed by atoms with E-state index in [1.54, 1.807) is 11.6 Å². The van der Waals surface area contributed by atoms with Crippen LogP contribution in [0.25, 0.3) is 0 Å². The Morgan fingerprint density at radius 2 is 2.35 bits per heavy atom. The number of rotatable bonds is 4. The van der Waals surface area contributed by atoms with Gasteiger partial charge in [0.05, 0.1) is 17.2 Å². The van der Waals surface area contributed by atoms with E-state index < -0.39 is 11.9 Å². The summed E-state index contributed by atoms with van der Waals surface area (Å²) in [5.74, 6) is 0.621. The van der Waals surface area contributed by atoms with Crippen molar-refractivity contribution >= 4 is 17.7 Å². The van der Waals surface area contributed by atoms with Crippen LogP contribution in [0.1, 0.15) is 43.8 Å². The number of aromatic nitrogens is 4. The summed E-state index contributed by atoms with van der Waals surface area (Å²) in [6.07, 6.45) is 2.24. The lowest BCUT2D eigenvalue weighted by atomic mass is 10.0. The van der Waals surface area contributed by atoms with Crippen LogP contribution in [-0.4, -0.2) is 37.0 Å². The Kier molecular flexibility index (Phi) is 3.66. The van der Waals surface area contributed by atoms with Gasteiger partial charge in [0.2, 0.25) is 0 Å². The van der Waals surface area contributed by atoms with E-state index >= 15 is 0 Å². The van der Waals surface area contributed by atoms with Gasteiger partial charge in [0.25, 0.3) is 0 Å². The maximum absolute atomic E-state index is 11.0. The monoisotopic (exact) mass is 256 g/mol. The Labute approximate surface area is 104 Å². The first-order chi connectivity index (χ1) is 8.11. The smallest absolute Gasteiger partial charge is 0.308 e. The lowest BCUT2D eigenvalue weighted by molar-refractivity contribution is -0.142. The molecule has 3 unspecified atom stereocenters. The van der Waals surface area contributed by atoms with Crippen LogP contribution in [0.3, 0.4) is 0 Å². The van der Waals surface area contributed by atoms with Crippen molar-refractivity contribution in [3.63, 3.8) is 0 Å². The molecule has 6 nitrogen and oxygen atoms in total. The highest BCUT2D eigenvalue weighted by atomic mass is 32.2. The van der Waals surface area contributed by atoms with Gasteiger partial charge in [-0.15, -0.1) is 5.10 Å². The van der Waals surface area contributed by atoms with Gasteiger partial charge in [-0.2, -0.15) is 11.8 Å². The van der Waals surface area contributed by atoms with Gasteiger partial charge in [-0.25, -0.2) is 4.68 Å². The molecule has 1 aromatic rings. The average molecular weight is 256 g/mol. The summed E-state index contributed by atoms with van der Waals surface area (Å²) >= 11 is 1.84. The molecule has 1 N–H and O–H groups in total. The second-order valence-electron chi connectivity index (χ2n) is 4.35. The average Bonchev–Trinajstić information content (AvgIpc) is 2.96. The highest BCUT2D eigenvalue weighted by molar-refractivity contribution is 7.99. The zero-order valence-electron chi connectivity index (χ0n) is 9.91. The fourth-order valence-electron chi connectivity index (χ4n) is 1.90. The summed E-state index contributed by atoms with van der Waals surface area (Å²) in [6, 6.07) is -0.223. The summed E-state index contributed by atoms with van der Waals surface area (Å²) in [5.41, 5.74) is 0. The molecular weight excluding hydrogens is 240 g/mol. The minimum Gasteiger partial charge on any atom is -0.481 e. The minimum atomic E-state index is -0.821. The number of thioether (sulfide) groups is 1. The van der Waals surface area contributed by atoms with Gasteiger partial charge in [0.1, 0.15) is 0 Å². The van der Waals surface area contributed by atoms with E-state index in [4.69, 9.17) is 5.11 Å². The Hall–Kier alpha value is -1.11. The van der Waals surface area contributed by atoms with Crippen molar-refractivity contribution < 1.29 is 9.90 Å². The fourth-order valence-corrected chi connectivity index (χ4v) is 3.16. The molecule has 0 aromatic carbocycles. The lowest BCUT2D eigenvalue weighted by Crippen LogP contribution is -2.24. The van der Waals surface area contributed by atoms with Gasteiger partial charge >= 0.3 is 5.97 Å². The number of carboxylic acids is 1. The molecule has 7 heteroatoms. The van der Waals surface area contributed by atoms with Crippen molar-refractivity contribution in [1.29, 1.82) is 0 Å². The second-order valence-corrected chi connectivity index (χ2v) is 5.66. The molecule has 0 amide bonds. The third-order valence-electron chi connectivity index (χ3n) is 3.23. The summed E-state index contributed by atoms with van der Waals surface area (Å²) in [6.45, 7) is 3.53. The molecule has 0 saturated carbocycles. The Morgan fingerprint density at radius 3 is 2.94 bits per heavy atom. The molecule has 1 aromatic heterocycles. The van der Waals surface area contributed by atoms with Crippen LogP contribution in [0.5, 0.6) is 0 Å². The van der Waals surface area contributed by atoms with Crippen molar-refractivity contribution in [2.45, 2.75) is 38.0 Å². The Bertz CT molecular complexity index is 403. The number of carboxylic acid groups (broad SMARTS) is 1. The van der Waals surface area contributed by atoms with Gasteiger partial charge in [-0.3, -0.25) is 4.79 Å². The van der Waals surface area contributed by atoms with E-state index in [2.05, 4.69) is 15.5 Å². The van der Waals surface area contributed by atoms with E-state index in [0.29, 0.717) is 5.25 Å². The molecule has 1 saturated heterocycles. The van der Waals surface area contributed by atoms with E-state index in [0.717, 1.165) is 18.0 Å². The predicted octanol–water partition coefficient (Wildman–Crippen LogP) is 1.52. The molecule has 2 heterocycles. The van der Waals surface area contributed by atoms with Gasteiger partial charge < -0.3 is 5.11 Å². The zero-order valence-corrected chi connectivity index (χ0v) is 10.7. The quantitative estimate of drug-likeness (QED) is 0.879. The fraction of sp³-hybridized carbons (Fsp3) is 0.800. The number of tetrazole rings is 1. The number of carbonyl (C=O) groups is 1. The third-order valence-corrected chi connectivity index (χ3v) is 4.61. The second kappa shape index (κ2) is 5.03. The van der Waals surface area contributed by atoms with E-state index in [9.17, 15) is 4.79 Å². The normalized spacial score (nSPS) is 23.5. The highest BCUT2D eigenvalue weighted by Crippen LogP contribution is 2.39. The molecule has 1 aliphatic rings. The van der Waals surface area contributed by atoms with Crippen LogP contribution in [0.15, 0.2) is 0 Å². The molecule has 2 rings (SSSR count). The molecule has 3 atom stereocenters. The molecule has 1 aliphatic heterocycles. The summed E-state index contributed by atoms with van der Waals surface area (Å²) < 4.78 is 1.67. The largest absolute Gasteiger partial charge is 0.481 e. The van der Waals surface area contributed by atoms with Crippen LogP contribution in [0.4, 0.5) is 0 Å². The minimum absolute atomic E-state index is 0.223. The van der Waals surface area contributed by atoms with Gasteiger partial charge in [-0.1, -0.05) is 0 Å². The van der Waals surface area contributed by atoms with Crippen LogP contribution >= 0.6 is 11.8 Å². The first kappa shape index (κ1) is 12.3. The van der Waals surface area contributed by atoms with Crippen LogP contribution in [0.2, 0.25) is 0 Å². The molecule has 0 aliphatic carbocycles. The van der Waals surface area contributed by atoms with Crippen molar-refractivity contribution in [3.05, 3.63) is 5.82 Å². The van der Waals surface area contributed by atoms with Gasteiger partial charge in [0, 0.05) is 0 Å². The zero-order chi connectivity index (χ0) is 12.4. The molecule has 0 spiro atoms. The van der Waals surface area contributed by atoms with Crippen molar-refractivity contribution in [2.75, 3.05) is 5.75 Å². The first-order valence-electron chi connectivity index (χ1n) is 5.73. The number of aliphatic carboxylic acids is 1. The molecule has 0 bridgehead atoms. The molecule has 17 heavy (non-hydrogen) atoms. The molecule has 1 fully saturated rings. The molecular formula is C10H16N4O2S. The maximum Gasteiger partial charge on any atom is 0.308 e. The lowest BCUT2D eigenvalue weighted by Gasteiger charge is -2.18. The van der Waals surface area contributed by atoms with Gasteiger partial charge in [0.15, 0.2) is 5.82 Å². The van der Waals surface area contributed by atoms with E-state index in [-0.39, 0.29) is 6.04 Å². The standard InChI is InChI=1S/C10H16N4O2S/c1-6(10(15)16)7(2)14-9(11-12-13-14)8-4-3-5-17-8/h6-8H,3-5H2,1-2H3,(H,15,16). The van der Waals surface area contributed by atoms with Gasteiger partial charge in [-0.05, 0) is 42.9 Å². The van der Waals surface area contributed by atoms with Crippen molar-refractivity contribution in [3.8, 4) is 0 Å². The topological polar surface area (TPSA) is 80.9 Å². The highest BCUT2D eigenvalue weighted by Gasteiger charge is 2.29. The SMILES string of the molecule is CC(C(=O)O)C(C)n1nnnc1C1CCCS1. The van der Waals surface area contributed by atoms with Crippen LogP contribution in [-0.2, 0) is 4.79 Å². The summed E-state index contributed by atoms with van der Waals surface area (Å²) in [7, 11) is 0. The number of hydrogen-bond acceptors (Lipinski definition) is 5. The summed E-state index contributed by atoms with van der Waals surface area (Å²) in [5, 5.41) is 21.0. The van der Waals surface area contributed by atoms with E-state index in [1.165, 1.54) is 6.42 Å². The van der Waals surface area contributed by atoms with Crippen molar-refractivity contribution in [1.82, 2.24) is 20.2 Å². The Balaban J connectivity index is 2.20. The van der Waals surface area contributed by atoms with Crippen molar-refractivity contribution in [2.24, 2.45) is 5.92 Å². The third kappa shape index (κ3) is 2.43. The first-order valence-corrected chi connectivity index (χ1v) is 6.78. The molecule has 0 radical (unpaired) electrons.